The van der Waals surface area contributed by atoms with Gasteiger partial charge in [0.05, 0.1) is 22.7 Å². The average molecular weight is 429 g/mol. The van der Waals surface area contributed by atoms with E-state index in [1.165, 1.54) is 12.1 Å². The Balaban J connectivity index is 1.56. The van der Waals surface area contributed by atoms with Crippen LogP contribution in [0.4, 0.5) is 4.39 Å². The first-order valence-electron chi connectivity index (χ1n) is 10.5. The van der Waals surface area contributed by atoms with Crippen LogP contribution in [0.1, 0.15) is 36.8 Å². The molecule has 0 aliphatic heterocycles. The molecule has 6 nitrogen and oxygen atoms in total. The van der Waals surface area contributed by atoms with Crippen molar-refractivity contribution >= 4 is 11.0 Å². The van der Waals surface area contributed by atoms with Crippen LogP contribution in [0, 0.1) is 5.82 Å². The van der Waals surface area contributed by atoms with E-state index in [0.29, 0.717) is 5.75 Å². The van der Waals surface area contributed by atoms with Crippen molar-refractivity contribution in [3.63, 3.8) is 0 Å². The molecule has 0 amide bonds. The highest BCUT2D eigenvalue weighted by molar-refractivity contribution is 5.76. The van der Waals surface area contributed by atoms with Gasteiger partial charge in [0.2, 0.25) is 0 Å². The second-order valence-corrected chi connectivity index (χ2v) is 8.32. The molecule has 0 bridgehead atoms. The summed E-state index contributed by atoms with van der Waals surface area (Å²) in [5.41, 5.74) is 2.79. The summed E-state index contributed by atoms with van der Waals surface area (Å²) in [4.78, 5) is 12.1. The number of fused-ring (bicyclic) bond motifs is 1. The van der Waals surface area contributed by atoms with Crippen molar-refractivity contribution in [3.05, 3.63) is 63.8 Å². The molecule has 0 saturated heterocycles. The number of rotatable bonds is 6. The maximum atomic E-state index is 14.5. The van der Waals surface area contributed by atoms with Gasteiger partial charge in [-0.15, -0.1) is 0 Å². The molecule has 0 N–H and O–H groups in total. The number of hydrogen-bond acceptors (Lipinski definition) is 4. The van der Waals surface area contributed by atoms with Gasteiger partial charge < -0.3 is 14.2 Å². The van der Waals surface area contributed by atoms with Gasteiger partial charge in [-0.3, -0.25) is 9.13 Å². The van der Waals surface area contributed by atoms with Gasteiger partial charge in [0.1, 0.15) is 18.2 Å². The van der Waals surface area contributed by atoms with E-state index < -0.39 is 5.60 Å². The Bertz CT molecular complexity index is 1140. The van der Waals surface area contributed by atoms with Crippen LogP contribution < -0.4 is 10.4 Å². The predicted octanol–water partition coefficient (Wildman–Crippen LogP) is 4.03. The smallest absolute Gasteiger partial charge is 0.328 e. The second-order valence-electron chi connectivity index (χ2n) is 8.32. The number of ether oxygens (including phenoxy) is 3. The van der Waals surface area contributed by atoms with Crippen LogP contribution >= 0.6 is 0 Å². The summed E-state index contributed by atoms with van der Waals surface area (Å²) in [5, 5.41) is 0. The van der Waals surface area contributed by atoms with Crippen molar-refractivity contribution in [2.45, 2.75) is 44.0 Å². The minimum atomic E-state index is -0.531. The van der Waals surface area contributed by atoms with Crippen molar-refractivity contribution in [2.75, 3.05) is 14.2 Å². The summed E-state index contributed by atoms with van der Waals surface area (Å²) in [5.74, 6) is 0.112. The molecule has 2 aromatic carbocycles. The molecular formula is C24H29FN2O4. The summed E-state index contributed by atoms with van der Waals surface area (Å²) < 4.78 is 35.0. The van der Waals surface area contributed by atoms with E-state index in [1.54, 1.807) is 37.4 Å². The zero-order chi connectivity index (χ0) is 22.2. The minimum absolute atomic E-state index is 0.0732. The number of aryl methyl sites for hydroxylation is 2. The van der Waals surface area contributed by atoms with Gasteiger partial charge in [-0.2, -0.15) is 0 Å². The molecule has 31 heavy (non-hydrogen) atoms. The lowest BCUT2D eigenvalue weighted by Crippen LogP contribution is -2.36. The van der Waals surface area contributed by atoms with Gasteiger partial charge in [0.25, 0.3) is 0 Å². The summed E-state index contributed by atoms with van der Waals surface area (Å²) in [6, 6.07) is 10.6. The molecule has 1 aliphatic rings. The number of hydrogen-bond donors (Lipinski definition) is 0. The summed E-state index contributed by atoms with van der Waals surface area (Å²) >= 11 is 0. The fraction of sp³-hybridized carbons (Fsp3) is 0.458. The molecule has 3 aromatic rings. The molecule has 4 rings (SSSR count). The zero-order valence-electron chi connectivity index (χ0n) is 18.5. The van der Waals surface area contributed by atoms with E-state index in [9.17, 15) is 9.18 Å². The van der Waals surface area contributed by atoms with Crippen LogP contribution in [-0.2, 0) is 35.8 Å². The number of methoxy groups -OCH3 is 2. The van der Waals surface area contributed by atoms with E-state index in [4.69, 9.17) is 14.2 Å². The van der Waals surface area contributed by atoms with Crippen LogP contribution in [0.5, 0.6) is 5.75 Å². The molecule has 166 valence electrons. The Hall–Kier alpha value is -2.64. The number of benzene rings is 2. The molecule has 1 saturated carbocycles. The maximum absolute atomic E-state index is 14.5. The summed E-state index contributed by atoms with van der Waals surface area (Å²) in [6.45, 7) is 0.271. The molecule has 1 heterocycles. The van der Waals surface area contributed by atoms with E-state index in [-0.39, 0.29) is 24.2 Å². The number of halogens is 1. The highest BCUT2D eigenvalue weighted by Crippen LogP contribution is 2.42. The Morgan fingerprint density at radius 1 is 1.03 bits per heavy atom. The van der Waals surface area contributed by atoms with Crippen LogP contribution in [0.25, 0.3) is 11.0 Å². The van der Waals surface area contributed by atoms with E-state index >= 15 is 0 Å². The van der Waals surface area contributed by atoms with Crippen molar-refractivity contribution in [1.29, 1.82) is 0 Å². The van der Waals surface area contributed by atoms with Gasteiger partial charge in [0.15, 0.2) is 0 Å². The Kier molecular flexibility index (Phi) is 5.90. The predicted molar refractivity (Wildman–Crippen MR) is 117 cm³/mol. The van der Waals surface area contributed by atoms with E-state index in [2.05, 4.69) is 0 Å². The lowest BCUT2D eigenvalue weighted by molar-refractivity contribution is -0.0764. The molecule has 7 heteroatoms. The van der Waals surface area contributed by atoms with Gasteiger partial charge in [-0.1, -0.05) is 6.07 Å². The van der Waals surface area contributed by atoms with Crippen LogP contribution in [0.2, 0.25) is 0 Å². The highest BCUT2D eigenvalue weighted by Gasteiger charge is 2.37. The molecule has 0 spiro atoms. The number of imidazole rings is 1. The maximum Gasteiger partial charge on any atom is 0.328 e. The highest BCUT2D eigenvalue weighted by atomic mass is 19.1. The molecule has 1 aromatic heterocycles. The third kappa shape index (κ3) is 4.00. The first-order valence-corrected chi connectivity index (χ1v) is 10.5. The van der Waals surface area contributed by atoms with E-state index in [0.717, 1.165) is 47.8 Å². The Morgan fingerprint density at radius 3 is 2.42 bits per heavy atom. The Labute approximate surface area is 181 Å². The Morgan fingerprint density at radius 2 is 1.74 bits per heavy atom. The third-order valence-corrected chi connectivity index (χ3v) is 6.60. The van der Waals surface area contributed by atoms with Crippen molar-refractivity contribution in [1.82, 2.24) is 9.13 Å². The SMILES string of the molecule is CO[C@H]1CC[C@@](OC)(c2cc(F)cc(OCc3ccc4c(c3)n(C)c(=O)n4C)c2)CC1. The largest absolute Gasteiger partial charge is 0.489 e. The zero-order valence-corrected chi connectivity index (χ0v) is 18.5. The minimum Gasteiger partial charge on any atom is -0.489 e. The average Bonchev–Trinajstić information content (AvgIpc) is 3.01. The standard InChI is InChI=1S/C24H29FN2O4/c1-26-21-6-5-16(11-22(21)27(2)23(26)28)15-31-20-13-17(12-18(25)14-20)24(30-4)9-7-19(29-3)8-10-24/h5-6,11-14,19H,7-10,15H2,1-4H3/t19-,24-. The van der Waals surface area contributed by atoms with Crippen LogP contribution in [0.3, 0.4) is 0 Å². The monoisotopic (exact) mass is 428 g/mol. The molecular weight excluding hydrogens is 399 g/mol. The van der Waals surface area contributed by atoms with Crippen molar-refractivity contribution in [3.8, 4) is 5.75 Å². The van der Waals surface area contributed by atoms with Gasteiger partial charge in [-0.05, 0) is 61.1 Å². The lowest BCUT2D eigenvalue weighted by atomic mass is 9.78. The van der Waals surface area contributed by atoms with Gasteiger partial charge in [-0.25, -0.2) is 9.18 Å². The molecule has 0 radical (unpaired) electrons. The number of aromatic nitrogens is 2. The second kappa shape index (κ2) is 8.48. The first kappa shape index (κ1) is 21.6. The molecule has 1 aliphatic carbocycles. The fourth-order valence-electron chi connectivity index (χ4n) is 4.62. The first-order chi connectivity index (χ1) is 14.9. The quantitative estimate of drug-likeness (QED) is 0.595. The van der Waals surface area contributed by atoms with Gasteiger partial charge in [0, 0.05) is 34.4 Å². The van der Waals surface area contributed by atoms with E-state index in [1.807, 2.05) is 24.3 Å². The van der Waals surface area contributed by atoms with Crippen molar-refractivity contribution < 1.29 is 18.6 Å². The fourth-order valence-corrected chi connectivity index (χ4v) is 4.62. The summed E-state index contributed by atoms with van der Waals surface area (Å²) in [7, 11) is 6.90. The number of nitrogens with zero attached hydrogens (tertiary/aromatic N) is 2. The van der Waals surface area contributed by atoms with Crippen LogP contribution in [0.15, 0.2) is 41.2 Å². The van der Waals surface area contributed by atoms with Crippen LogP contribution in [-0.4, -0.2) is 29.5 Å². The normalized spacial score (nSPS) is 21.5. The molecule has 0 unspecified atom stereocenters. The molecule has 1 fully saturated rings. The molecule has 0 atom stereocenters. The van der Waals surface area contributed by atoms with Crippen molar-refractivity contribution in [2.24, 2.45) is 14.1 Å². The lowest BCUT2D eigenvalue weighted by Gasteiger charge is -2.39. The van der Waals surface area contributed by atoms with Gasteiger partial charge >= 0.3 is 5.69 Å². The third-order valence-electron chi connectivity index (χ3n) is 6.60. The summed E-state index contributed by atoms with van der Waals surface area (Å²) in [6.07, 6.45) is 3.49. The topological polar surface area (TPSA) is 54.6 Å².